The predicted molar refractivity (Wildman–Crippen MR) is 72.6 cm³/mol. The smallest absolute Gasteiger partial charge is 0.275 e. The summed E-state index contributed by atoms with van der Waals surface area (Å²) in [5.41, 5.74) is -0.992. The van der Waals surface area contributed by atoms with Gasteiger partial charge in [0.25, 0.3) is 15.7 Å². The van der Waals surface area contributed by atoms with Gasteiger partial charge < -0.3 is 0 Å². The van der Waals surface area contributed by atoms with Crippen molar-refractivity contribution in [2.75, 3.05) is 4.72 Å². The Kier molecular flexibility index (Phi) is 3.91. The van der Waals surface area contributed by atoms with Gasteiger partial charge in [0.05, 0.1) is 10.6 Å². The molecule has 0 saturated carbocycles. The minimum absolute atomic E-state index is 0.0664. The molecule has 0 atom stereocenters. The minimum atomic E-state index is -4.22. The molecule has 0 aliphatic rings. The summed E-state index contributed by atoms with van der Waals surface area (Å²) in [6.45, 7) is 0. The van der Waals surface area contributed by atoms with Gasteiger partial charge in [-0.2, -0.15) is 8.42 Å². The van der Waals surface area contributed by atoms with Crippen molar-refractivity contribution in [3.63, 3.8) is 0 Å². The van der Waals surface area contributed by atoms with Gasteiger partial charge in [-0.15, -0.1) is 5.10 Å². The van der Waals surface area contributed by atoms with E-state index in [9.17, 15) is 22.9 Å². The third kappa shape index (κ3) is 3.00. The summed E-state index contributed by atoms with van der Waals surface area (Å²) in [6, 6.07) is 2.51. The average molecular weight is 380 g/mol. The van der Waals surface area contributed by atoms with Gasteiger partial charge in [-0.25, -0.2) is 9.07 Å². The number of halogens is 2. The number of anilines is 1. The van der Waals surface area contributed by atoms with Crippen molar-refractivity contribution in [1.29, 1.82) is 0 Å². The molecular weight excluding hydrogens is 373 g/mol. The lowest BCUT2D eigenvalue weighted by atomic mass is 10.3. The maximum Gasteiger partial charge on any atom is 0.282 e. The molecule has 9 nitrogen and oxygen atoms in total. The number of aryl methyl sites for hydroxylation is 1. The summed E-state index contributed by atoms with van der Waals surface area (Å²) in [4.78, 5) is 9.88. The Morgan fingerprint density at radius 2 is 2.14 bits per heavy atom. The van der Waals surface area contributed by atoms with E-state index in [1.807, 2.05) is 4.72 Å². The average Bonchev–Trinajstić information content (AvgIpc) is 2.71. The fourth-order valence-electron chi connectivity index (χ4n) is 1.51. The fraction of sp³-hybridized carbons (Fsp3) is 0.111. The van der Waals surface area contributed by atoms with Crippen molar-refractivity contribution in [1.82, 2.24) is 15.0 Å². The van der Waals surface area contributed by atoms with Crippen LogP contribution in [0.5, 0.6) is 0 Å². The summed E-state index contributed by atoms with van der Waals surface area (Å²) in [5.74, 6) is -0.949. The highest BCUT2D eigenvalue weighted by Gasteiger charge is 2.25. The van der Waals surface area contributed by atoms with Crippen LogP contribution in [0.25, 0.3) is 0 Å². The van der Waals surface area contributed by atoms with Crippen LogP contribution < -0.4 is 4.72 Å². The summed E-state index contributed by atoms with van der Waals surface area (Å²) in [5, 5.41) is 17.3. The van der Waals surface area contributed by atoms with Gasteiger partial charge in [0.15, 0.2) is 4.60 Å². The molecule has 1 heterocycles. The molecule has 0 spiro atoms. The highest BCUT2D eigenvalue weighted by Crippen LogP contribution is 2.25. The van der Waals surface area contributed by atoms with Crippen LogP contribution in [0.1, 0.15) is 0 Å². The Balaban J connectivity index is 2.46. The second-order valence-electron chi connectivity index (χ2n) is 3.84. The third-order valence-corrected chi connectivity index (χ3v) is 4.65. The van der Waals surface area contributed by atoms with Gasteiger partial charge in [0.1, 0.15) is 5.82 Å². The zero-order chi connectivity index (χ0) is 15.8. The number of rotatable bonds is 4. The summed E-state index contributed by atoms with van der Waals surface area (Å²) in [7, 11) is -2.89. The molecule has 21 heavy (non-hydrogen) atoms. The van der Waals surface area contributed by atoms with Gasteiger partial charge in [-0.1, -0.05) is 5.21 Å². The molecule has 0 saturated heterocycles. The monoisotopic (exact) mass is 379 g/mol. The van der Waals surface area contributed by atoms with Gasteiger partial charge in [0, 0.05) is 19.2 Å². The first kappa shape index (κ1) is 15.3. The molecule has 0 bridgehead atoms. The number of hydrogen-bond donors (Lipinski definition) is 1. The van der Waals surface area contributed by atoms with Crippen molar-refractivity contribution >= 4 is 37.3 Å². The summed E-state index contributed by atoms with van der Waals surface area (Å²) < 4.78 is 40.7. The summed E-state index contributed by atoms with van der Waals surface area (Å²) >= 11 is 2.91. The van der Waals surface area contributed by atoms with Gasteiger partial charge in [0.2, 0.25) is 5.03 Å². The van der Waals surface area contributed by atoms with Crippen LogP contribution >= 0.6 is 15.9 Å². The molecule has 2 aromatic rings. The number of nitrogens with one attached hydrogen (secondary N) is 1. The SMILES string of the molecule is Cn1nnc(Br)c1S(=O)(=O)Nc1cc([N+](=O)[O-])ccc1F. The van der Waals surface area contributed by atoms with Gasteiger partial charge in [-0.05, 0) is 22.0 Å². The quantitative estimate of drug-likeness (QED) is 0.633. The molecular formula is C9H7BrFN5O4S. The van der Waals surface area contributed by atoms with E-state index < -0.39 is 32.1 Å². The van der Waals surface area contributed by atoms with E-state index >= 15 is 0 Å². The highest BCUT2D eigenvalue weighted by atomic mass is 79.9. The lowest BCUT2D eigenvalue weighted by Gasteiger charge is -2.08. The fourth-order valence-corrected chi connectivity index (χ4v) is 3.66. The van der Waals surface area contributed by atoms with Crippen LogP contribution in [-0.2, 0) is 17.1 Å². The van der Waals surface area contributed by atoms with E-state index in [0.717, 1.165) is 22.9 Å². The second kappa shape index (κ2) is 5.37. The molecule has 12 heteroatoms. The van der Waals surface area contributed by atoms with Crippen LogP contribution in [0, 0.1) is 15.9 Å². The molecule has 2 rings (SSSR count). The number of hydrogen-bond acceptors (Lipinski definition) is 6. The number of benzene rings is 1. The molecule has 0 unspecified atom stereocenters. The molecule has 0 radical (unpaired) electrons. The molecule has 0 fully saturated rings. The molecule has 1 aromatic heterocycles. The predicted octanol–water partition coefficient (Wildman–Crippen LogP) is 1.43. The van der Waals surface area contributed by atoms with Crippen LogP contribution in [0.2, 0.25) is 0 Å². The number of aromatic nitrogens is 3. The van der Waals surface area contributed by atoms with Crippen LogP contribution in [0.15, 0.2) is 27.8 Å². The van der Waals surface area contributed by atoms with Crippen LogP contribution in [0.4, 0.5) is 15.8 Å². The first-order valence-corrected chi connectivity index (χ1v) is 7.52. The Morgan fingerprint density at radius 1 is 1.48 bits per heavy atom. The van der Waals surface area contributed by atoms with Crippen molar-refractivity contribution < 1.29 is 17.7 Å². The lowest BCUT2D eigenvalue weighted by molar-refractivity contribution is -0.384. The maximum absolute atomic E-state index is 13.6. The van der Waals surface area contributed by atoms with Crippen molar-refractivity contribution in [2.24, 2.45) is 7.05 Å². The second-order valence-corrected chi connectivity index (χ2v) is 6.18. The molecule has 0 amide bonds. The Labute approximate surface area is 126 Å². The highest BCUT2D eigenvalue weighted by molar-refractivity contribution is 9.10. The van der Waals surface area contributed by atoms with E-state index in [-0.39, 0.29) is 9.63 Å². The number of nitrogens with zero attached hydrogens (tertiary/aromatic N) is 4. The number of non-ortho nitro benzene ring substituents is 1. The Bertz CT molecular complexity index is 802. The van der Waals surface area contributed by atoms with E-state index in [4.69, 9.17) is 0 Å². The molecule has 1 N–H and O–H groups in total. The molecule has 112 valence electrons. The van der Waals surface area contributed by atoms with Crippen molar-refractivity contribution in [3.8, 4) is 0 Å². The normalized spacial score (nSPS) is 11.4. The standard InChI is InChI=1S/C9H7BrFN5O4S/c1-15-9(8(10)12-14-15)21(19,20)13-7-4-5(16(17)18)2-3-6(7)11/h2-4,13H,1H3. The Hall–Kier alpha value is -2.08. The third-order valence-electron chi connectivity index (χ3n) is 2.40. The first-order valence-electron chi connectivity index (χ1n) is 5.24. The van der Waals surface area contributed by atoms with E-state index in [1.54, 1.807) is 0 Å². The largest absolute Gasteiger partial charge is 0.282 e. The van der Waals surface area contributed by atoms with Gasteiger partial charge >= 0.3 is 0 Å². The minimum Gasteiger partial charge on any atom is -0.275 e. The van der Waals surface area contributed by atoms with Gasteiger partial charge in [-0.3, -0.25) is 14.8 Å². The lowest BCUT2D eigenvalue weighted by Crippen LogP contribution is -2.18. The molecule has 1 aromatic carbocycles. The number of nitro benzene ring substituents is 1. The Morgan fingerprint density at radius 3 is 2.67 bits per heavy atom. The summed E-state index contributed by atoms with van der Waals surface area (Å²) in [6.07, 6.45) is 0. The zero-order valence-electron chi connectivity index (χ0n) is 10.3. The van der Waals surface area contributed by atoms with Crippen LogP contribution in [0.3, 0.4) is 0 Å². The van der Waals surface area contributed by atoms with Crippen molar-refractivity contribution in [2.45, 2.75) is 5.03 Å². The number of sulfonamides is 1. The van der Waals surface area contributed by atoms with E-state index in [1.165, 1.54) is 7.05 Å². The van der Waals surface area contributed by atoms with Crippen molar-refractivity contribution in [3.05, 3.63) is 38.7 Å². The molecule has 0 aliphatic carbocycles. The van der Waals surface area contributed by atoms with E-state index in [0.29, 0.717) is 0 Å². The van der Waals surface area contributed by atoms with Crippen LogP contribution in [-0.4, -0.2) is 28.3 Å². The zero-order valence-corrected chi connectivity index (χ0v) is 12.7. The number of nitro groups is 1. The molecule has 0 aliphatic heterocycles. The maximum atomic E-state index is 13.6. The topological polar surface area (TPSA) is 120 Å². The van der Waals surface area contributed by atoms with E-state index in [2.05, 4.69) is 26.2 Å². The first-order chi connectivity index (χ1) is 9.72.